The van der Waals surface area contributed by atoms with Gasteiger partial charge in [-0.1, -0.05) is 25.4 Å². The van der Waals surface area contributed by atoms with E-state index in [1.165, 1.54) is 12.1 Å². The first-order valence-corrected chi connectivity index (χ1v) is 9.42. The maximum absolute atomic E-state index is 11.9. The molecule has 1 aromatic carbocycles. The van der Waals surface area contributed by atoms with Gasteiger partial charge in [0.1, 0.15) is 0 Å². The van der Waals surface area contributed by atoms with E-state index in [0.29, 0.717) is 6.42 Å². The maximum Gasteiger partial charge on any atom is 0.238 e. The Morgan fingerprint density at radius 1 is 1.25 bits per heavy atom. The molecule has 0 radical (unpaired) electrons. The quantitative estimate of drug-likeness (QED) is 0.823. The van der Waals surface area contributed by atoms with Gasteiger partial charge in [-0.05, 0) is 30.5 Å². The van der Waals surface area contributed by atoms with Crippen molar-refractivity contribution >= 4 is 37.3 Å². The van der Waals surface area contributed by atoms with Crippen molar-refractivity contribution in [1.29, 1.82) is 0 Å². The molecule has 0 atom stereocenters. The van der Waals surface area contributed by atoms with E-state index < -0.39 is 20.0 Å². The van der Waals surface area contributed by atoms with Crippen molar-refractivity contribution in [2.24, 2.45) is 11.1 Å². The lowest BCUT2D eigenvalue weighted by Gasteiger charge is -2.11. The highest BCUT2D eigenvalue weighted by Crippen LogP contribution is 2.26. The lowest BCUT2D eigenvalue weighted by atomic mass is 10.2. The first-order valence-electron chi connectivity index (χ1n) is 5.84. The van der Waals surface area contributed by atoms with Crippen molar-refractivity contribution in [2.75, 3.05) is 10.5 Å². The predicted octanol–water partition coefficient (Wildman–Crippen LogP) is 1.78. The molecule has 9 heteroatoms. The van der Waals surface area contributed by atoms with Crippen LogP contribution in [0.4, 0.5) is 5.69 Å². The van der Waals surface area contributed by atoms with E-state index in [0.717, 1.165) is 6.07 Å². The van der Waals surface area contributed by atoms with E-state index in [1.807, 2.05) is 13.8 Å². The van der Waals surface area contributed by atoms with Crippen LogP contribution in [-0.4, -0.2) is 22.6 Å². The molecule has 0 fully saturated rings. The van der Waals surface area contributed by atoms with Crippen LogP contribution in [0.25, 0.3) is 0 Å². The molecule has 0 spiro atoms. The van der Waals surface area contributed by atoms with Gasteiger partial charge in [0.2, 0.25) is 20.0 Å². The molecule has 0 amide bonds. The Hall–Kier alpha value is -0.830. The second-order valence-electron chi connectivity index (χ2n) is 4.79. The fraction of sp³-hybridized carbons (Fsp3) is 0.455. The number of nitrogens with two attached hydrogens (primary N) is 1. The van der Waals surface area contributed by atoms with Crippen LogP contribution in [0, 0.1) is 5.92 Å². The largest absolute Gasteiger partial charge is 0.282 e. The van der Waals surface area contributed by atoms with Crippen molar-refractivity contribution in [3.8, 4) is 0 Å². The summed E-state index contributed by atoms with van der Waals surface area (Å²) >= 11 is 5.85. The molecule has 20 heavy (non-hydrogen) atoms. The van der Waals surface area contributed by atoms with Crippen molar-refractivity contribution in [3.63, 3.8) is 0 Å². The standard InChI is InChI=1S/C11H17ClN2O4S2/c1-8(2)5-6-19(15,16)14-11-7-9(20(13,17)18)3-4-10(11)12/h3-4,7-8,14H,5-6H2,1-2H3,(H2,13,17,18). The highest BCUT2D eigenvalue weighted by Gasteiger charge is 2.16. The summed E-state index contributed by atoms with van der Waals surface area (Å²) in [5.41, 5.74) is 0.00180. The van der Waals surface area contributed by atoms with Gasteiger partial charge in [-0.3, -0.25) is 4.72 Å². The molecule has 0 aliphatic heterocycles. The number of halogens is 1. The van der Waals surface area contributed by atoms with Gasteiger partial charge in [-0.15, -0.1) is 0 Å². The first-order chi connectivity index (χ1) is 9.01. The number of anilines is 1. The van der Waals surface area contributed by atoms with E-state index in [2.05, 4.69) is 4.72 Å². The normalized spacial score (nSPS) is 12.7. The first kappa shape index (κ1) is 17.2. The molecule has 0 aromatic heterocycles. The minimum atomic E-state index is -3.92. The van der Waals surface area contributed by atoms with Crippen LogP contribution in [-0.2, 0) is 20.0 Å². The van der Waals surface area contributed by atoms with Gasteiger partial charge in [0.25, 0.3) is 0 Å². The number of primary sulfonamides is 1. The molecule has 6 nitrogen and oxygen atoms in total. The second kappa shape index (κ2) is 6.30. The van der Waals surface area contributed by atoms with Gasteiger partial charge in [0.05, 0.1) is 21.4 Å². The number of benzene rings is 1. The van der Waals surface area contributed by atoms with Gasteiger partial charge in [0.15, 0.2) is 0 Å². The third-order valence-electron chi connectivity index (χ3n) is 2.50. The molecule has 3 N–H and O–H groups in total. The second-order valence-corrected chi connectivity index (χ2v) is 8.60. The van der Waals surface area contributed by atoms with Crippen LogP contribution < -0.4 is 9.86 Å². The Labute approximate surface area is 124 Å². The van der Waals surface area contributed by atoms with Crippen LogP contribution in [0.2, 0.25) is 5.02 Å². The highest BCUT2D eigenvalue weighted by molar-refractivity contribution is 7.92. The van der Waals surface area contributed by atoms with E-state index in [-0.39, 0.29) is 27.3 Å². The van der Waals surface area contributed by atoms with Crippen molar-refractivity contribution in [2.45, 2.75) is 25.2 Å². The number of rotatable bonds is 6. The summed E-state index contributed by atoms with van der Waals surface area (Å²) in [4.78, 5) is -0.205. The summed E-state index contributed by atoms with van der Waals surface area (Å²) in [6, 6.07) is 3.59. The molecule has 0 aliphatic rings. The smallest absolute Gasteiger partial charge is 0.238 e. The number of hydrogen-bond acceptors (Lipinski definition) is 4. The summed E-state index contributed by atoms with van der Waals surface area (Å²) in [5, 5.41) is 5.09. The molecule has 0 aliphatic carbocycles. The van der Waals surface area contributed by atoms with E-state index >= 15 is 0 Å². The lowest BCUT2D eigenvalue weighted by molar-refractivity contribution is 0.577. The van der Waals surface area contributed by atoms with Gasteiger partial charge >= 0.3 is 0 Å². The molecule has 0 unspecified atom stereocenters. The minimum absolute atomic E-state index is 0.00180. The van der Waals surface area contributed by atoms with E-state index in [9.17, 15) is 16.8 Å². The fourth-order valence-electron chi connectivity index (χ4n) is 1.37. The fourth-order valence-corrected chi connectivity index (χ4v) is 3.52. The lowest BCUT2D eigenvalue weighted by Crippen LogP contribution is -2.19. The molecular weight excluding hydrogens is 324 g/mol. The minimum Gasteiger partial charge on any atom is -0.282 e. The van der Waals surface area contributed by atoms with E-state index in [4.69, 9.17) is 16.7 Å². The molecular formula is C11H17ClN2O4S2. The summed E-state index contributed by atoms with van der Waals surface area (Å²) in [6.07, 6.45) is 0.488. The average Bonchev–Trinajstić information content (AvgIpc) is 2.28. The monoisotopic (exact) mass is 340 g/mol. The molecule has 1 aromatic rings. The SMILES string of the molecule is CC(C)CCS(=O)(=O)Nc1cc(S(N)(=O)=O)ccc1Cl. The number of sulfonamides is 2. The van der Waals surface area contributed by atoms with Crippen LogP contribution >= 0.6 is 11.6 Å². The van der Waals surface area contributed by atoms with Crippen LogP contribution in [0.5, 0.6) is 0 Å². The van der Waals surface area contributed by atoms with Gasteiger partial charge in [-0.25, -0.2) is 22.0 Å². The Morgan fingerprint density at radius 3 is 2.35 bits per heavy atom. The van der Waals surface area contributed by atoms with Gasteiger partial charge in [0, 0.05) is 0 Å². The van der Waals surface area contributed by atoms with Gasteiger partial charge < -0.3 is 0 Å². The Bertz CT molecular complexity index is 684. The summed E-state index contributed by atoms with van der Waals surface area (Å²) in [6.45, 7) is 3.81. The summed E-state index contributed by atoms with van der Waals surface area (Å²) in [7, 11) is -7.50. The Morgan fingerprint density at radius 2 is 1.85 bits per heavy atom. The zero-order chi connectivity index (χ0) is 15.6. The average molecular weight is 341 g/mol. The molecule has 0 saturated heterocycles. The Balaban J connectivity index is 3.03. The summed E-state index contributed by atoms with van der Waals surface area (Å²) < 4.78 is 48.5. The molecule has 1 rings (SSSR count). The molecule has 0 bridgehead atoms. The Kier molecular flexibility index (Phi) is 5.42. The number of nitrogens with one attached hydrogen (secondary N) is 1. The molecule has 0 heterocycles. The zero-order valence-corrected chi connectivity index (χ0v) is 13.5. The van der Waals surface area contributed by atoms with Gasteiger partial charge in [-0.2, -0.15) is 0 Å². The van der Waals surface area contributed by atoms with Crippen molar-refractivity contribution in [3.05, 3.63) is 23.2 Å². The third kappa shape index (κ3) is 5.28. The van der Waals surface area contributed by atoms with E-state index in [1.54, 1.807) is 0 Å². The highest BCUT2D eigenvalue weighted by atomic mass is 35.5. The predicted molar refractivity (Wildman–Crippen MR) is 79.7 cm³/mol. The number of hydrogen-bond donors (Lipinski definition) is 2. The van der Waals surface area contributed by atoms with Crippen LogP contribution in [0.1, 0.15) is 20.3 Å². The van der Waals surface area contributed by atoms with Crippen molar-refractivity contribution < 1.29 is 16.8 Å². The van der Waals surface area contributed by atoms with Crippen LogP contribution in [0.3, 0.4) is 0 Å². The third-order valence-corrected chi connectivity index (χ3v) is 5.04. The summed E-state index contributed by atoms with van der Waals surface area (Å²) in [5.74, 6) is 0.165. The topological polar surface area (TPSA) is 106 Å². The zero-order valence-electron chi connectivity index (χ0n) is 11.1. The van der Waals surface area contributed by atoms with Crippen molar-refractivity contribution in [1.82, 2.24) is 0 Å². The molecule has 0 saturated carbocycles. The van der Waals surface area contributed by atoms with Crippen LogP contribution in [0.15, 0.2) is 23.1 Å². The maximum atomic E-state index is 11.9. The molecule has 114 valence electrons.